The number of aliphatic carboxylic acids is 1. The van der Waals surface area contributed by atoms with Gasteiger partial charge in [-0.2, -0.15) is 0 Å². The Hall–Kier alpha value is -0.610. The summed E-state index contributed by atoms with van der Waals surface area (Å²) in [5.41, 5.74) is 0. The van der Waals surface area contributed by atoms with Crippen molar-refractivity contribution in [2.75, 3.05) is 33.7 Å². The van der Waals surface area contributed by atoms with Crippen molar-refractivity contribution in [2.24, 2.45) is 0 Å². The second-order valence-electron chi connectivity index (χ2n) is 4.61. The predicted molar refractivity (Wildman–Crippen MR) is 60.0 cm³/mol. The lowest BCUT2D eigenvalue weighted by atomic mass is 9.99. The van der Waals surface area contributed by atoms with Gasteiger partial charge in [-0.1, -0.05) is 6.42 Å². The van der Waals surface area contributed by atoms with Crippen LogP contribution in [0.1, 0.15) is 25.7 Å². The van der Waals surface area contributed by atoms with E-state index in [9.17, 15) is 4.79 Å². The summed E-state index contributed by atoms with van der Waals surface area (Å²) in [4.78, 5) is 15.0. The van der Waals surface area contributed by atoms with Gasteiger partial charge in [0.25, 0.3) is 0 Å². The molecule has 1 heterocycles. The van der Waals surface area contributed by atoms with Crippen molar-refractivity contribution in [3.8, 4) is 0 Å². The Morgan fingerprint density at radius 1 is 1.47 bits per heavy atom. The zero-order chi connectivity index (χ0) is 11.3. The van der Waals surface area contributed by atoms with Gasteiger partial charge in [0.15, 0.2) is 0 Å². The highest BCUT2D eigenvalue weighted by molar-refractivity contribution is 5.69. The number of carboxylic acids is 1. The first-order valence-electron chi connectivity index (χ1n) is 5.70. The summed E-state index contributed by atoms with van der Waals surface area (Å²) in [5.74, 6) is -0.702. The summed E-state index contributed by atoms with van der Waals surface area (Å²) in [6.07, 6.45) is 4.63. The molecule has 4 nitrogen and oxygen atoms in total. The van der Waals surface area contributed by atoms with Crippen LogP contribution in [0, 0.1) is 0 Å². The van der Waals surface area contributed by atoms with Gasteiger partial charge in [-0.25, -0.2) is 0 Å². The molecule has 0 radical (unpaired) electrons. The quantitative estimate of drug-likeness (QED) is 0.738. The molecule has 1 atom stereocenters. The molecule has 1 rings (SSSR count). The van der Waals surface area contributed by atoms with E-state index in [1.165, 1.54) is 6.42 Å². The molecule has 1 aliphatic heterocycles. The molecule has 1 N–H and O–H groups in total. The summed E-state index contributed by atoms with van der Waals surface area (Å²) in [6.45, 7) is 2.20. The molecule has 0 amide bonds. The molecular weight excluding hydrogens is 192 g/mol. The van der Waals surface area contributed by atoms with Gasteiger partial charge in [0.1, 0.15) is 0 Å². The highest BCUT2D eigenvalue weighted by Crippen LogP contribution is 2.19. The Morgan fingerprint density at radius 2 is 2.20 bits per heavy atom. The minimum atomic E-state index is -0.702. The molecule has 0 spiro atoms. The highest BCUT2D eigenvalue weighted by atomic mass is 16.4. The molecule has 1 unspecified atom stereocenters. The van der Waals surface area contributed by atoms with Crippen molar-refractivity contribution in [1.82, 2.24) is 9.80 Å². The number of nitrogens with zero attached hydrogens (tertiary/aromatic N) is 2. The maximum atomic E-state index is 10.7. The van der Waals surface area contributed by atoms with E-state index in [2.05, 4.69) is 23.9 Å². The lowest BCUT2D eigenvalue weighted by Gasteiger charge is -2.35. The highest BCUT2D eigenvalue weighted by Gasteiger charge is 2.23. The molecule has 0 bridgehead atoms. The van der Waals surface area contributed by atoms with Crippen LogP contribution in [0.5, 0.6) is 0 Å². The molecule has 0 aromatic rings. The number of carbonyl (C=O) groups is 1. The standard InChI is InChI=1S/C11H22N2O2/c1-12(2)8-6-10-5-3-4-7-13(10)9-11(14)15/h10H,3-9H2,1-2H3,(H,14,15). The molecule has 0 saturated carbocycles. The Bertz CT molecular complexity index is 207. The van der Waals surface area contributed by atoms with Crippen LogP contribution in [0.4, 0.5) is 0 Å². The first-order chi connectivity index (χ1) is 7.09. The SMILES string of the molecule is CN(C)CCC1CCCCN1CC(=O)O. The number of rotatable bonds is 5. The summed E-state index contributed by atoms with van der Waals surface area (Å²) in [7, 11) is 4.12. The smallest absolute Gasteiger partial charge is 0.317 e. The molecule has 0 aromatic carbocycles. The van der Waals surface area contributed by atoms with E-state index in [0.717, 1.165) is 32.4 Å². The molecule has 15 heavy (non-hydrogen) atoms. The van der Waals surface area contributed by atoms with Gasteiger partial charge < -0.3 is 10.0 Å². The molecule has 88 valence electrons. The molecule has 1 aliphatic rings. The van der Waals surface area contributed by atoms with E-state index >= 15 is 0 Å². The third kappa shape index (κ3) is 4.62. The maximum Gasteiger partial charge on any atom is 0.317 e. The molecular formula is C11H22N2O2. The van der Waals surface area contributed by atoms with Gasteiger partial charge in [-0.15, -0.1) is 0 Å². The van der Waals surface area contributed by atoms with Gasteiger partial charge in [-0.05, 0) is 46.4 Å². The summed E-state index contributed by atoms with van der Waals surface area (Å²) in [5, 5.41) is 8.81. The minimum Gasteiger partial charge on any atom is -0.480 e. The van der Waals surface area contributed by atoms with Crippen LogP contribution in [-0.2, 0) is 4.79 Å². The van der Waals surface area contributed by atoms with Gasteiger partial charge in [0.05, 0.1) is 6.54 Å². The van der Waals surface area contributed by atoms with E-state index in [1.807, 2.05) is 0 Å². The molecule has 0 aromatic heterocycles. The van der Waals surface area contributed by atoms with Gasteiger partial charge in [0, 0.05) is 6.04 Å². The average molecular weight is 214 g/mol. The molecule has 1 saturated heterocycles. The fraction of sp³-hybridized carbons (Fsp3) is 0.909. The fourth-order valence-corrected chi connectivity index (χ4v) is 2.18. The maximum absolute atomic E-state index is 10.7. The lowest BCUT2D eigenvalue weighted by Crippen LogP contribution is -2.43. The topological polar surface area (TPSA) is 43.8 Å². The fourth-order valence-electron chi connectivity index (χ4n) is 2.18. The zero-order valence-corrected chi connectivity index (χ0v) is 9.78. The average Bonchev–Trinajstić information content (AvgIpc) is 2.15. The van der Waals surface area contributed by atoms with Crippen molar-refractivity contribution >= 4 is 5.97 Å². The summed E-state index contributed by atoms with van der Waals surface area (Å²) < 4.78 is 0. The minimum absolute atomic E-state index is 0.206. The second kappa shape index (κ2) is 6.08. The lowest BCUT2D eigenvalue weighted by molar-refractivity contribution is -0.139. The number of hydrogen-bond acceptors (Lipinski definition) is 3. The number of piperidine rings is 1. The Balaban J connectivity index is 2.39. The van der Waals surface area contributed by atoms with Crippen LogP contribution in [0.25, 0.3) is 0 Å². The van der Waals surface area contributed by atoms with Crippen molar-refractivity contribution in [3.63, 3.8) is 0 Å². The first kappa shape index (κ1) is 12.5. The Morgan fingerprint density at radius 3 is 2.80 bits per heavy atom. The summed E-state index contributed by atoms with van der Waals surface area (Å²) >= 11 is 0. The predicted octanol–water partition coefficient (Wildman–Crippen LogP) is 0.877. The van der Waals surface area contributed by atoms with Gasteiger partial charge in [-0.3, -0.25) is 9.69 Å². The first-order valence-corrected chi connectivity index (χ1v) is 5.70. The largest absolute Gasteiger partial charge is 0.480 e. The van der Waals surface area contributed by atoms with Crippen LogP contribution in [0.2, 0.25) is 0 Å². The van der Waals surface area contributed by atoms with Crippen LogP contribution < -0.4 is 0 Å². The van der Waals surface area contributed by atoms with Crippen molar-refractivity contribution in [1.29, 1.82) is 0 Å². The van der Waals surface area contributed by atoms with E-state index < -0.39 is 5.97 Å². The third-order valence-electron chi connectivity index (χ3n) is 3.00. The third-order valence-corrected chi connectivity index (χ3v) is 3.00. The van der Waals surface area contributed by atoms with E-state index in [-0.39, 0.29) is 6.54 Å². The monoisotopic (exact) mass is 214 g/mol. The molecule has 0 aliphatic carbocycles. The number of carboxylic acid groups (broad SMARTS) is 1. The van der Waals surface area contributed by atoms with E-state index in [4.69, 9.17) is 5.11 Å². The van der Waals surface area contributed by atoms with Crippen LogP contribution in [0.15, 0.2) is 0 Å². The Labute approximate surface area is 91.9 Å². The Kier molecular flexibility index (Phi) is 5.05. The van der Waals surface area contributed by atoms with E-state index in [0.29, 0.717) is 6.04 Å². The van der Waals surface area contributed by atoms with E-state index in [1.54, 1.807) is 0 Å². The zero-order valence-electron chi connectivity index (χ0n) is 9.78. The van der Waals surface area contributed by atoms with Crippen LogP contribution >= 0.6 is 0 Å². The van der Waals surface area contributed by atoms with Gasteiger partial charge in [0.2, 0.25) is 0 Å². The van der Waals surface area contributed by atoms with Gasteiger partial charge >= 0.3 is 5.97 Å². The normalized spacial score (nSPS) is 23.3. The number of likely N-dealkylation sites (tertiary alicyclic amines) is 1. The molecule has 4 heteroatoms. The number of hydrogen-bond donors (Lipinski definition) is 1. The second-order valence-corrected chi connectivity index (χ2v) is 4.61. The van der Waals surface area contributed by atoms with Crippen molar-refractivity contribution < 1.29 is 9.90 Å². The van der Waals surface area contributed by atoms with Crippen molar-refractivity contribution in [3.05, 3.63) is 0 Å². The summed E-state index contributed by atoms with van der Waals surface area (Å²) in [6, 6.07) is 0.470. The van der Waals surface area contributed by atoms with Crippen molar-refractivity contribution in [2.45, 2.75) is 31.7 Å². The van der Waals surface area contributed by atoms with Crippen LogP contribution in [-0.4, -0.2) is 60.6 Å². The molecule has 1 fully saturated rings. The van der Waals surface area contributed by atoms with Crippen LogP contribution in [0.3, 0.4) is 0 Å².